The second kappa shape index (κ2) is 10.8. The van der Waals surface area contributed by atoms with Gasteiger partial charge in [-0.15, -0.1) is 0 Å². The molecule has 6 heteroatoms. The zero-order valence-corrected chi connectivity index (χ0v) is 18.8. The molecule has 1 aliphatic rings. The fourth-order valence-electron chi connectivity index (χ4n) is 3.79. The monoisotopic (exact) mass is 429 g/mol. The van der Waals surface area contributed by atoms with Crippen molar-refractivity contribution in [2.45, 2.75) is 57.9 Å². The van der Waals surface area contributed by atoms with Crippen LogP contribution in [0.3, 0.4) is 0 Å². The van der Waals surface area contributed by atoms with Crippen LogP contribution in [0.15, 0.2) is 48.5 Å². The molecule has 0 spiro atoms. The van der Waals surface area contributed by atoms with E-state index in [2.05, 4.69) is 34.6 Å². The summed E-state index contributed by atoms with van der Waals surface area (Å²) in [4.78, 5) is 15.2. The lowest BCUT2D eigenvalue weighted by molar-refractivity contribution is -0.126. The Morgan fingerprint density at radius 1 is 1.23 bits per heavy atom. The molecule has 2 aromatic rings. The molecule has 0 radical (unpaired) electrons. The number of likely N-dealkylation sites (tertiary alicyclic amines) is 1. The van der Waals surface area contributed by atoms with E-state index < -0.39 is 0 Å². The second-order valence-corrected chi connectivity index (χ2v) is 8.42. The van der Waals surface area contributed by atoms with Crippen LogP contribution in [0.25, 0.3) is 0 Å². The van der Waals surface area contributed by atoms with Crippen LogP contribution in [0.5, 0.6) is 5.75 Å². The molecule has 1 amide bonds. The molecule has 0 bridgehead atoms. The van der Waals surface area contributed by atoms with E-state index in [0.717, 1.165) is 42.3 Å². The van der Waals surface area contributed by atoms with Crippen molar-refractivity contribution in [2.24, 2.45) is 0 Å². The standard InChI is InChI=1S/C24H32ClN3O2/c1-4-17(2)27-24(29)23-13-20(26-14-18-9-11-21(30-3)12-10-18)16-28(23)15-19-7-5-6-8-22(19)25/h5-12,17,20,23,26H,4,13-16H2,1-3H3,(H,27,29). The quantitative estimate of drug-likeness (QED) is 0.632. The Labute approximate surface area is 184 Å². The smallest absolute Gasteiger partial charge is 0.237 e. The summed E-state index contributed by atoms with van der Waals surface area (Å²) in [6.45, 7) is 6.36. The Kier molecular flexibility index (Phi) is 8.14. The fraction of sp³-hybridized carbons (Fsp3) is 0.458. The highest BCUT2D eigenvalue weighted by atomic mass is 35.5. The molecule has 0 saturated carbocycles. The van der Waals surface area contributed by atoms with Gasteiger partial charge in [-0.2, -0.15) is 0 Å². The Morgan fingerprint density at radius 3 is 2.63 bits per heavy atom. The number of benzene rings is 2. The maximum Gasteiger partial charge on any atom is 0.237 e. The van der Waals surface area contributed by atoms with Gasteiger partial charge in [0.15, 0.2) is 0 Å². The van der Waals surface area contributed by atoms with Crippen molar-refractivity contribution in [3.8, 4) is 5.75 Å². The number of halogens is 1. The molecule has 1 heterocycles. The van der Waals surface area contributed by atoms with Gasteiger partial charge in [0.05, 0.1) is 13.2 Å². The molecule has 3 unspecified atom stereocenters. The first-order valence-electron chi connectivity index (χ1n) is 10.6. The number of rotatable bonds is 9. The van der Waals surface area contributed by atoms with Crippen molar-refractivity contribution in [3.63, 3.8) is 0 Å². The molecule has 3 atom stereocenters. The van der Waals surface area contributed by atoms with Crippen LogP contribution in [0.2, 0.25) is 5.02 Å². The molecule has 5 nitrogen and oxygen atoms in total. The van der Waals surface area contributed by atoms with Gasteiger partial charge in [-0.3, -0.25) is 9.69 Å². The number of methoxy groups -OCH3 is 1. The van der Waals surface area contributed by atoms with Crippen LogP contribution in [0.4, 0.5) is 0 Å². The Bertz CT molecular complexity index is 827. The summed E-state index contributed by atoms with van der Waals surface area (Å²) in [7, 11) is 1.67. The second-order valence-electron chi connectivity index (χ2n) is 8.02. The maximum absolute atomic E-state index is 13.0. The first-order valence-corrected chi connectivity index (χ1v) is 11.0. The molecule has 0 aromatic heterocycles. The van der Waals surface area contributed by atoms with Crippen LogP contribution >= 0.6 is 11.6 Å². The largest absolute Gasteiger partial charge is 0.497 e. The summed E-state index contributed by atoms with van der Waals surface area (Å²) in [5.41, 5.74) is 2.25. The minimum Gasteiger partial charge on any atom is -0.497 e. The minimum atomic E-state index is -0.163. The van der Waals surface area contributed by atoms with Crippen molar-refractivity contribution in [2.75, 3.05) is 13.7 Å². The highest BCUT2D eigenvalue weighted by Crippen LogP contribution is 2.25. The van der Waals surface area contributed by atoms with E-state index in [1.807, 2.05) is 43.3 Å². The normalized spacial score (nSPS) is 20.1. The maximum atomic E-state index is 13.0. The van der Waals surface area contributed by atoms with Crippen LogP contribution < -0.4 is 15.4 Å². The number of carbonyl (C=O) groups excluding carboxylic acids is 1. The van der Waals surface area contributed by atoms with Gasteiger partial charge < -0.3 is 15.4 Å². The van der Waals surface area contributed by atoms with Gasteiger partial charge in [-0.25, -0.2) is 0 Å². The van der Waals surface area contributed by atoms with Crippen molar-refractivity contribution < 1.29 is 9.53 Å². The Hall–Kier alpha value is -2.08. The van der Waals surface area contributed by atoms with Gasteiger partial charge in [0, 0.05) is 36.7 Å². The SMILES string of the molecule is CCC(C)NC(=O)C1CC(NCc2ccc(OC)cc2)CN1Cc1ccccc1Cl. The molecule has 1 saturated heterocycles. The van der Waals surface area contributed by atoms with Gasteiger partial charge in [-0.1, -0.05) is 48.9 Å². The third kappa shape index (κ3) is 5.97. The Morgan fingerprint density at radius 2 is 1.97 bits per heavy atom. The third-order valence-electron chi connectivity index (χ3n) is 5.79. The summed E-state index contributed by atoms with van der Waals surface area (Å²) in [5, 5.41) is 7.52. The lowest BCUT2D eigenvalue weighted by atomic mass is 10.1. The summed E-state index contributed by atoms with van der Waals surface area (Å²) < 4.78 is 5.23. The summed E-state index contributed by atoms with van der Waals surface area (Å²) in [5.74, 6) is 0.956. The number of hydrogen-bond acceptors (Lipinski definition) is 4. The Balaban J connectivity index is 1.66. The van der Waals surface area contributed by atoms with Crippen molar-refractivity contribution in [1.82, 2.24) is 15.5 Å². The molecule has 1 aliphatic heterocycles. The van der Waals surface area contributed by atoms with Gasteiger partial charge in [0.1, 0.15) is 5.75 Å². The molecule has 1 fully saturated rings. The zero-order chi connectivity index (χ0) is 21.5. The topological polar surface area (TPSA) is 53.6 Å². The zero-order valence-electron chi connectivity index (χ0n) is 18.0. The van der Waals surface area contributed by atoms with Crippen molar-refractivity contribution >= 4 is 17.5 Å². The van der Waals surface area contributed by atoms with Crippen LogP contribution in [-0.4, -0.2) is 42.6 Å². The van der Waals surface area contributed by atoms with Crippen LogP contribution in [0, 0.1) is 0 Å². The van der Waals surface area contributed by atoms with Gasteiger partial charge >= 0.3 is 0 Å². The summed E-state index contributed by atoms with van der Waals surface area (Å²) in [6.07, 6.45) is 1.70. The van der Waals surface area contributed by atoms with E-state index >= 15 is 0 Å². The average Bonchev–Trinajstić information content (AvgIpc) is 3.17. The van der Waals surface area contributed by atoms with Gasteiger partial charge in [0.2, 0.25) is 5.91 Å². The number of nitrogens with one attached hydrogen (secondary N) is 2. The molecule has 30 heavy (non-hydrogen) atoms. The van der Waals surface area contributed by atoms with Crippen LogP contribution in [-0.2, 0) is 17.9 Å². The summed E-state index contributed by atoms with van der Waals surface area (Å²) in [6, 6.07) is 16.2. The summed E-state index contributed by atoms with van der Waals surface area (Å²) >= 11 is 6.39. The predicted molar refractivity (Wildman–Crippen MR) is 122 cm³/mol. The molecule has 3 rings (SSSR count). The molecular formula is C24H32ClN3O2. The van der Waals surface area contributed by atoms with E-state index in [9.17, 15) is 4.79 Å². The van der Waals surface area contributed by atoms with E-state index in [4.69, 9.17) is 16.3 Å². The van der Waals surface area contributed by atoms with Crippen molar-refractivity contribution in [1.29, 1.82) is 0 Å². The van der Waals surface area contributed by atoms with Crippen LogP contribution in [0.1, 0.15) is 37.8 Å². The minimum absolute atomic E-state index is 0.102. The molecule has 2 aromatic carbocycles. The average molecular weight is 430 g/mol. The highest BCUT2D eigenvalue weighted by molar-refractivity contribution is 6.31. The number of hydrogen-bond donors (Lipinski definition) is 2. The lowest BCUT2D eigenvalue weighted by Crippen LogP contribution is -2.45. The van der Waals surface area contributed by atoms with Crippen molar-refractivity contribution in [3.05, 3.63) is 64.7 Å². The molecule has 2 N–H and O–H groups in total. The lowest BCUT2D eigenvalue weighted by Gasteiger charge is -2.25. The first-order chi connectivity index (χ1) is 14.5. The molecular weight excluding hydrogens is 398 g/mol. The van der Waals surface area contributed by atoms with E-state index in [-0.39, 0.29) is 24.0 Å². The van der Waals surface area contributed by atoms with Gasteiger partial charge in [-0.05, 0) is 49.1 Å². The first kappa shape index (κ1) is 22.6. The van der Waals surface area contributed by atoms with E-state index in [0.29, 0.717) is 6.54 Å². The molecule has 0 aliphatic carbocycles. The molecule has 162 valence electrons. The predicted octanol–water partition coefficient (Wildman–Crippen LogP) is 4.00. The number of nitrogens with zero attached hydrogens (tertiary/aromatic N) is 1. The van der Waals surface area contributed by atoms with Gasteiger partial charge in [0.25, 0.3) is 0 Å². The number of ether oxygens (including phenoxy) is 1. The number of amides is 1. The third-order valence-corrected chi connectivity index (χ3v) is 6.16. The van der Waals surface area contributed by atoms with E-state index in [1.54, 1.807) is 7.11 Å². The highest BCUT2D eigenvalue weighted by Gasteiger charge is 2.37. The van der Waals surface area contributed by atoms with E-state index in [1.165, 1.54) is 5.56 Å². The fourth-order valence-corrected chi connectivity index (χ4v) is 3.99. The number of carbonyl (C=O) groups is 1.